The number of hydrogen-bond acceptors (Lipinski definition) is 8. The van der Waals surface area contributed by atoms with Crippen molar-refractivity contribution in [1.29, 1.82) is 0 Å². The maximum atomic E-state index is 12.0. The molecule has 0 aliphatic carbocycles. The molecule has 0 fully saturated rings. The monoisotopic (exact) mass is 446 g/mol. The summed E-state index contributed by atoms with van der Waals surface area (Å²) in [5.74, 6) is 2.37. The van der Waals surface area contributed by atoms with E-state index in [1.54, 1.807) is 18.3 Å². The van der Waals surface area contributed by atoms with Crippen molar-refractivity contribution in [2.24, 2.45) is 0 Å². The van der Waals surface area contributed by atoms with E-state index in [1.165, 1.54) is 12.1 Å². The van der Waals surface area contributed by atoms with Crippen molar-refractivity contribution in [3.8, 4) is 11.3 Å². The largest absolute Gasteiger partial charge is 0.441 e. The number of sulfone groups is 1. The van der Waals surface area contributed by atoms with E-state index in [1.807, 2.05) is 13.8 Å². The Bertz CT molecular complexity index is 1120. The molecule has 31 heavy (non-hydrogen) atoms. The highest BCUT2D eigenvalue weighted by molar-refractivity contribution is 7.90. The van der Waals surface area contributed by atoms with Gasteiger partial charge < -0.3 is 14.3 Å². The molecule has 0 saturated heterocycles. The molecular weight excluding hydrogens is 420 g/mol. The van der Waals surface area contributed by atoms with E-state index < -0.39 is 9.84 Å². The van der Waals surface area contributed by atoms with Gasteiger partial charge in [-0.25, -0.2) is 13.4 Å². The van der Waals surface area contributed by atoms with Crippen LogP contribution in [0.15, 0.2) is 44.3 Å². The molecule has 1 aromatic carbocycles. The van der Waals surface area contributed by atoms with Crippen molar-refractivity contribution in [1.82, 2.24) is 20.4 Å². The van der Waals surface area contributed by atoms with E-state index in [0.29, 0.717) is 49.2 Å². The summed E-state index contributed by atoms with van der Waals surface area (Å²) < 4.78 is 33.9. The summed E-state index contributed by atoms with van der Waals surface area (Å²) in [6, 6.07) is 6.39. The van der Waals surface area contributed by atoms with E-state index in [2.05, 4.69) is 20.4 Å². The Labute approximate surface area is 181 Å². The number of aromatic nitrogens is 3. The number of rotatable bonds is 10. The zero-order valence-electron chi connectivity index (χ0n) is 17.8. The summed E-state index contributed by atoms with van der Waals surface area (Å²) in [6.45, 7) is 4.52. The maximum Gasteiger partial charge on any atom is 0.226 e. The Morgan fingerprint density at radius 2 is 1.87 bits per heavy atom. The summed E-state index contributed by atoms with van der Waals surface area (Å²) in [5.41, 5.74) is 0.720. The van der Waals surface area contributed by atoms with Crippen LogP contribution in [0.1, 0.15) is 50.2 Å². The van der Waals surface area contributed by atoms with Crippen LogP contribution in [0, 0.1) is 0 Å². The number of nitrogens with zero attached hydrogens (tertiary/aromatic N) is 3. The smallest absolute Gasteiger partial charge is 0.226 e. The maximum absolute atomic E-state index is 12.0. The molecule has 3 aromatic rings. The van der Waals surface area contributed by atoms with Crippen molar-refractivity contribution in [3.63, 3.8) is 0 Å². The lowest BCUT2D eigenvalue weighted by Crippen LogP contribution is -2.25. The number of nitrogens with one attached hydrogen (secondary N) is 1. The van der Waals surface area contributed by atoms with Gasteiger partial charge in [-0.15, -0.1) is 0 Å². The average Bonchev–Trinajstić information content (AvgIpc) is 3.39. The molecule has 2 heterocycles. The zero-order chi connectivity index (χ0) is 22.4. The van der Waals surface area contributed by atoms with Crippen LogP contribution in [0.3, 0.4) is 0 Å². The first-order chi connectivity index (χ1) is 14.7. The predicted molar refractivity (Wildman–Crippen MR) is 113 cm³/mol. The van der Waals surface area contributed by atoms with E-state index in [0.717, 1.165) is 11.8 Å². The van der Waals surface area contributed by atoms with Gasteiger partial charge in [-0.3, -0.25) is 4.79 Å². The lowest BCUT2D eigenvalue weighted by atomic mass is 10.2. The minimum Gasteiger partial charge on any atom is -0.441 e. The molecule has 1 N–H and O–H groups in total. The van der Waals surface area contributed by atoms with Gasteiger partial charge in [0.25, 0.3) is 0 Å². The summed E-state index contributed by atoms with van der Waals surface area (Å²) in [4.78, 5) is 20.8. The molecule has 3 rings (SSSR count). The molecule has 0 aliphatic rings. The second-order valence-corrected chi connectivity index (χ2v) is 9.59. The quantitative estimate of drug-likeness (QED) is 0.471. The van der Waals surface area contributed by atoms with E-state index in [4.69, 9.17) is 8.94 Å². The van der Waals surface area contributed by atoms with Crippen LogP contribution < -0.4 is 5.32 Å². The van der Waals surface area contributed by atoms with E-state index in [9.17, 15) is 13.2 Å². The zero-order valence-corrected chi connectivity index (χ0v) is 18.6. The summed E-state index contributed by atoms with van der Waals surface area (Å²) in [7, 11) is -3.25. The van der Waals surface area contributed by atoms with Gasteiger partial charge in [0.2, 0.25) is 11.8 Å². The minimum absolute atomic E-state index is 0.0920. The first-order valence-electron chi connectivity index (χ1n) is 10.1. The summed E-state index contributed by atoms with van der Waals surface area (Å²) in [6.07, 6.45) is 4.67. The van der Waals surface area contributed by atoms with E-state index >= 15 is 0 Å². The number of carbonyl (C=O) groups is 1. The lowest BCUT2D eigenvalue weighted by molar-refractivity contribution is -0.121. The molecular formula is C21H26N4O5S. The molecule has 1 amide bonds. The molecule has 0 bridgehead atoms. The third kappa shape index (κ3) is 6.48. The van der Waals surface area contributed by atoms with Crippen molar-refractivity contribution in [2.75, 3.05) is 12.8 Å². The fraction of sp³-hybridized carbons (Fsp3) is 0.429. The molecule has 9 nitrogen and oxygen atoms in total. The van der Waals surface area contributed by atoms with Gasteiger partial charge in [0.05, 0.1) is 11.1 Å². The molecule has 0 unspecified atom stereocenters. The van der Waals surface area contributed by atoms with Gasteiger partial charge in [-0.1, -0.05) is 19.0 Å². The Morgan fingerprint density at radius 1 is 1.13 bits per heavy atom. The van der Waals surface area contributed by atoms with Crippen LogP contribution in [0.4, 0.5) is 0 Å². The topological polar surface area (TPSA) is 128 Å². The van der Waals surface area contributed by atoms with Gasteiger partial charge in [-0.05, 0) is 30.7 Å². The van der Waals surface area contributed by atoms with Gasteiger partial charge in [0.15, 0.2) is 27.3 Å². The predicted octanol–water partition coefficient (Wildman–Crippen LogP) is 2.93. The fourth-order valence-corrected chi connectivity index (χ4v) is 3.44. The molecule has 0 atom stereocenters. The third-order valence-corrected chi connectivity index (χ3v) is 5.70. The second-order valence-electron chi connectivity index (χ2n) is 7.57. The third-order valence-electron chi connectivity index (χ3n) is 4.58. The SMILES string of the molecule is CC(C)c1noc(CCCNC(=O)CCc2ncc(-c3ccc(S(C)(=O)=O)cc3)o2)n1. The number of oxazole rings is 1. The van der Waals surface area contributed by atoms with Crippen LogP contribution >= 0.6 is 0 Å². The number of aryl methyl sites for hydroxylation is 2. The first-order valence-corrected chi connectivity index (χ1v) is 12.0. The van der Waals surface area contributed by atoms with Crippen LogP contribution in [-0.2, 0) is 27.5 Å². The number of benzene rings is 1. The highest BCUT2D eigenvalue weighted by Gasteiger charge is 2.12. The van der Waals surface area contributed by atoms with Crippen molar-refractivity contribution >= 4 is 15.7 Å². The van der Waals surface area contributed by atoms with Crippen LogP contribution in [-0.4, -0.2) is 42.3 Å². The Hall–Kier alpha value is -3.01. The molecule has 0 radical (unpaired) electrons. The fourth-order valence-electron chi connectivity index (χ4n) is 2.81. The molecule has 0 spiro atoms. The normalized spacial score (nSPS) is 11.7. The standard InChI is InChI=1S/C21H26N4O5S/c1-14(2)21-24-20(30-25-21)5-4-12-22-18(26)10-11-19-23-13-17(29-19)15-6-8-16(9-7-15)31(3,27)28/h6-9,13-14H,4-5,10-12H2,1-3H3,(H,22,26). The Morgan fingerprint density at radius 3 is 2.52 bits per heavy atom. The van der Waals surface area contributed by atoms with Crippen molar-refractivity contribution in [2.45, 2.75) is 50.3 Å². The summed E-state index contributed by atoms with van der Waals surface area (Å²) >= 11 is 0. The number of carbonyl (C=O) groups excluding carboxylic acids is 1. The second kappa shape index (κ2) is 9.86. The number of hydrogen-bond donors (Lipinski definition) is 1. The van der Waals surface area contributed by atoms with Gasteiger partial charge >= 0.3 is 0 Å². The van der Waals surface area contributed by atoms with Crippen LogP contribution in [0.2, 0.25) is 0 Å². The average molecular weight is 447 g/mol. The van der Waals surface area contributed by atoms with Gasteiger partial charge in [-0.2, -0.15) is 4.98 Å². The molecule has 166 valence electrons. The van der Waals surface area contributed by atoms with Gasteiger partial charge in [0.1, 0.15) is 0 Å². The van der Waals surface area contributed by atoms with Crippen molar-refractivity contribution < 1.29 is 22.2 Å². The van der Waals surface area contributed by atoms with Gasteiger partial charge in [0, 0.05) is 43.5 Å². The van der Waals surface area contributed by atoms with Crippen molar-refractivity contribution in [3.05, 3.63) is 48.1 Å². The Kier molecular flexibility index (Phi) is 7.21. The van der Waals surface area contributed by atoms with Crippen LogP contribution in [0.25, 0.3) is 11.3 Å². The van der Waals surface area contributed by atoms with Crippen LogP contribution in [0.5, 0.6) is 0 Å². The molecule has 10 heteroatoms. The highest BCUT2D eigenvalue weighted by Crippen LogP contribution is 2.22. The molecule has 0 saturated carbocycles. The summed E-state index contributed by atoms with van der Waals surface area (Å²) in [5, 5.41) is 6.77. The first kappa shape index (κ1) is 22.7. The molecule has 0 aliphatic heterocycles. The highest BCUT2D eigenvalue weighted by atomic mass is 32.2. The number of amides is 1. The molecule has 2 aromatic heterocycles. The Balaban J connectivity index is 1.41. The van der Waals surface area contributed by atoms with E-state index in [-0.39, 0.29) is 23.1 Å². The lowest BCUT2D eigenvalue weighted by Gasteiger charge is -2.03. The minimum atomic E-state index is -3.25.